The Labute approximate surface area is 371 Å². The van der Waals surface area contributed by atoms with Crippen LogP contribution in [-0.2, 0) is 50.5 Å². The number of carbonyl (C=O) groups is 2. The Morgan fingerprint density at radius 1 is 0.937 bits per heavy atom. The molecule has 2 aromatic carbocycles. The lowest BCUT2D eigenvalue weighted by Crippen LogP contribution is -2.53. The third-order valence-corrected chi connectivity index (χ3v) is 14.7. The predicted molar refractivity (Wildman–Crippen MR) is 244 cm³/mol. The molecule has 7 heterocycles. The minimum atomic E-state index is -4.35. The number of nitrogens with zero attached hydrogens (tertiary/aromatic N) is 5. The van der Waals surface area contributed by atoms with Crippen LogP contribution < -0.4 is 29.4 Å². The van der Waals surface area contributed by atoms with Gasteiger partial charge in [-0.25, -0.2) is 18.5 Å². The van der Waals surface area contributed by atoms with Crippen molar-refractivity contribution in [1.82, 2.24) is 14.2 Å². The third kappa shape index (κ3) is 7.66. The van der Waals surface area contributed by atoms with E-state index in [4.69, 9.17) is 9.57 Å². The maximum absolute atomic E-state index is 12.8. The highest BCUT2D eigenvalue weighted by Crippen LogP contribution is 2.52. The first-order chi connectivity index (χ1) is 30.0. The van der Waals surface area contributed by atoms with E-state index in [1.807, 2.05) is 6.08 Å². The van der Waals surface area contributed by atoms with Crippen LogP contribution in [0.25, 0.3) is 16.7 Å². The van der Waals surface area contributed by atoms with Gasteiger partial charge in [0.25, 0.3) is 21.8 Å². The van der Waals surface area contributed by atoms with Crippen molar-refractivity contribution in [2.24, 2.45) is 0 Å². The molecule has 0 saturated carbocycles. The minimum Gasteiger partial charge on any atom is -0.455 e. The molecule has 1 saturated heterocycles. The number of imidazole rings is 1. The zero-order valence-electron chi connectivity index (χ0n) is 37.9. The summed E-state index contributed by atoms with van der Waals surface area (Å²) in [4.78, 5) is 32.7. The van der Waals surface area contributed by atoms with Crippen molar-refractivity contribution in [1.29, 1.82) is 0 Å². The molecule has 0 aliphatic carbocycles. The zero-order valence-corrected chi connectivity index (χ0v) is 38.8. The Morgan fingerprint density at radius 3 is 2.46 bits per heavy atom. The van der Waals surface area contributed by atoms with Gasteiger partial charge in [0.1, 0.15) is 36.2 Å². The topological polar surface area (TPSA) is 125 Å². The van der Waals surface area contributed by atoms with Crippen molar-refractivity contribution >= 4 is 44.4 Å². The lowest BCUT2D eigenvalue weighted by Gasteiger charge is -2.47. The van der Waals surface area contributed by atoms with Crippen molar-refractivity contribution in [2.45, 2.75) is 149 Å². The second kappa shape index (κ2) is 16.2. The first-order valence-electron chi connectivity index (χ1n) is 23.2. The van der Waals surface area contributed by atoms with Gasteiger partial charge in [0.2, 0.25) is 5.36 Å². The van der Waals surface area contributed by atoms with E-state index in [0.717, 1.165) is 133 Å². The molecule has 3 aromatic rings. The smallest absolute Gasteiger partial charge is 0.333 e. The van der Waals surface area contributed by atoms with Gasteiger partial charge < -0.3 is 14.5 Å². The number of rotatable bonds is 14. The summed E-state index contributed by atoms with van der Waals surface area (Å²) in [6.45, 7) is 20.5. The van der Waals surface area contributed by atoms with Gasteiger partial charge in [-0.15, -0.1) is 5.06 Å². The van der Waals surface area contributed by atoms with E-state index in [9.17, 15) is 22.6 Å². The minimum absolute atomic E-state index is 0.150. The van der Waals surface area contributed by atoms with Crippen molar-refractivity contribution in [3.63, 3.8) is 0 Å². The Balaban J connectivity index is 1.23. The number of amides is 1. The number of hydrogen-bond acceptors (Lipinski definition) is 7. The third-order valence-electron chi connectivity index (χ3n) is 14.0. The fraction of sp³-hybridized carbons (Fsp3) is 0.520. The van der Waals surface area contributed by atoms with Crippen molar-refractivity contribution in [3.8, 4) is 11.5 Å². The standard InChI is InChI=1S/C50H62N5O7S/c1-8-10-21-51-25-26-52(22-13-11-12-18-42(57)62-55-32(3)19-20-41(55)56)48(51)43-39-27-37-33(9-2)29-49(4,5)53-23-14-16-35(44(37)53)46(39)61-47-36-17-15-24-54-45(36)38(28-40(43)47)34(30-50(54,6)7)31-63(58,59)60/h25-30H,3,8-24,31H2,1-2,4-7H3/q+1/p+1. The molecule has 0 radical (unpaired) electrons. The van der Waals surface area contributed by atoms with E-state index in [2.05, 4.69) is 97.3 Å². The molecular formula is C50H63N5O7S+2. The summed E-state index contributed by atoms with van der Waals surface area (Å²) in [5, 5.41) is 3.38. The maximum atomic E-state index is 12.8. The molecular weight excluding hydrogens is 815 g/mol. The number of aryl methyl sites for hydroxylation is 2. The number of anilines is 1. The number of benzene rings is 2. The SMILES string of the molecule is C=C1CCC(=O)N1OC(=O)CCCCC[n+]1ccn(CCCC)c1C1=c2cc3c4c(c2Oc2c1cc1c5c2CCCN5C(C)(C)C=C1CS(=O)(=O)O)CCC[N+]=4C(C)(C)C=C3CC. The number of fused-ring (bicyclic) bond motifs is 4. The molecule has 1 amide bonds. The van der Waals surface area contributed by atoms with Gasteiger partial charge in [-0.1, -0.05) is 32.9 Å². The molecule has 0 unspecified atom stereocenters. The Kier molecular flexibility index (Phi) is 11.1. The summed E-state index contributed by atoms with van der Waals surface area (Å²) < 4.78 is 50.5. The first kappa shape index (κ1) is 43.3. The van der Waals surface area contributed by atoms with Gasteiger partial charge in [-0.3, -0.25) is 9.35 Å². The molecule has 1 N–H and O–H groups in total. The summed E-state index contributed by atoms with van der Waals surface area (Å²) >= 11 is 0. The van der Waals surface area contributed by atoms with E-state index in [1.165, 1.54) is 22.1 Å². The van der Waals surface area contributed by atoms with Crippen molar-refractivity contribution in [3.05, 3.63) is 93.2 Å². The number of unbranched alkanes of at least 4 members (excludes halogenated alkanes) is 3. The average molecular weight is 878 g/mol. The van der Waals surface area contributed by atoms with Gasteiger partial charge in [0, 0.05) is 61.6 Å². The first-order valence-corrected chi connectivity index (χ1v) is 24.8. The zero-order chi connectivity index (χ0) is 44.6. The normalized spacial score (nSPS) is 19.2. The van der Waals surface area contributed by atoms with Crippen LogP contribution >= 0.6 is 0 Å². The Morgan fingerprint density at radius 2 is 1.73 bits per heavy atom. The Bertz CT molecular complexity index is 2760. The van der Waals surface area contributed by atoms with Crippen LogP contribution in [0.3, 0.4) is 0 Å². The molecule has 1 aromatic heterocycles. The molecule has 1 fully saturated rings. The van der Waals surface area contributed by atoms with E-state index in [-0.39, 0.29) is 17.9 Å². The molecule has 334 valence electrons. The van der Waals surface area contributed by atoms with Crippen LogP contribution in [-0.4, -0.2) is 64.4 Å². The molecule has 13 heteroatoms. The van der Waals surface area contributed by atoms with Crippen LogP contribution in [0.15, 0.2) is 49.0 Å². The number of ether oxygens (including phenoxy) is 1. The molecule has 6 aliphatic heterocycles. The average Bonchev–Trinajstić information content (AvgIpc) is 3.78. The van der Waals surface area contributed by atoms with Gasteiger partial charge >= 0.3 is 5.97 Å². The van der Waals surface area contributed by atoms with Gasteiger partial charge in [0.15, 0.2) is 5.54 Å². The van der Waals surface area contributed by atoms with E-state index < -0.39 is 27.4 Å². The highest BCUT2D eigenvalue weighted by atomic mass is 32.2. The van der Waals surface area contributed by atoms with Crippen LogP contribution in [0.2, 0.25) is 0 Å². The van der Waals surface area contributed by atoms with E-state index >= 15 is 0 Å². The van der Waals surface area contributed by atoms with Gasteiger partial charge in [-0.05, 0) is 101 Å². The second-order valence-corrected chi connectivity index (χ2v) is 20.8. The van der Waals surface area contributed by atoms with Gasteiger partial charge in [-0.2, -0.15) is 8.42 Å². The molecule has 0 spiro atoms. The maximum Gasteiger partial charge on any atom is 0.333 e. The summed E-state index contributed by atoms with van der Waals surface area (Å²) in [7, 11) is -4.35. The summed E-state index contributed by atoms with van der Waals surface area (Å²) in [5.41, 5.74) is 9.23. The lowest BCUT2D eigenvalue weighted by atomic mass is 9.79. The number of carbonyl (C=O) groups excluding carboxylic acids is 2. The van der Waals surface area contributed by atoms with Crippen molar-refractivity contribution in [2.75, 3.05) is 23.7 Å². The summed E-state index contributed by atoms with van der Waals surface area (Å²) in [5.74, 6) is 1.69. The largest absolute Gasteiger partial charge is 0.455 e. The molecule has 63 heavy (non-hydrogen) atoms. The fourth-order valence-electron chi connectivity index (χ4n) is 11.1. The monoisotopic (exact) mass is 877 g/mol. The number of hydroxylamine groups is 2. The molecule has 9 rings (SSSR count). The van der Waals surface area contributed by atoms with E-state index in [0.29, 0.717) is 37.1 Å². The number of hydrogen-bond donors (Lipinski definition) is 1. The fourth-order valence-corrected chi connectivity index (χ4v) is 11.8. The number of aromatic nitrogens is 2. The van der Waals surface area contributed by atoms with Crippen LogP contribution in [0.4, 0.5) is 5.69 Å². The highest BCUT2D eigenvalue weighted by Gasteiger charge is 2.44. The predicted octanol–water partition coefficient (Wildman–Crippen LogP) is 6.92. The van der Waals surface area contributed by atoms with Crippen LogP contribution in [0.5, 0.6) is 11.5 Å². The molecule has 0 atom stereocenters. The molecule has 6 aliphatic rings. The van der Waals surface area contributed by atoms with Crippen LogP contribution in [0.1, 0.15) is 146 Å². The quantitative estimate of drug-likeness (QED) is 0.0823. The second-order valence-electron chi connectivity index (χ2n) is 19.4. The highest BCUT2D eigenvalue weighted by molar-refractivity contribution is 7.86. The Hall–Kier alpha value is -5.01. The lowest BCUT2D eigenvalue weighted by molar-refractivity contribution is -0.699. The summed E-state index contributed by atoms with van der Waals surface area (Å²) in [6.07, 6.45) is 18.6. The van der Waals surface area contributed by atoms with Gasteiger partial charge in [0.05, 0.1) is 46.7 Å². The van der Waals surface area contributed by atoms with Crippen molar-refractivity contribution < 1.29 is 36.7 Å². The molecule has 0 bridgehead atoms. The number of allylic oxidation sites excluding steroid dienone is 2. The summed E-state index contributed by atoms with van der Waals surface area (Å²) in [6, 6.07) is 4.53. The molecule has 12 nitrogen and oxygen atoms in total. The van der Waals surface area contributed by atoms with Crippen LogP contribution in [0, 0.1) is 0 Å². The van der Waals surface area contributed by atoms with E-state index in [1.54, 1.807) is 0 Å².